The summed E-state index contributed by atoms with van der Waals surface area (Å²) in [5, 5.41) is 3.41. The molecule has 0 unspecified atom stereocenters. The average molecular weight is 431 g/mol. The normalized spacial score (nSPS) is 12.3. The average Bonchev–Trinajstić information content (AvgIpc) is 2.58. The van der Waals surface area contributed by atoms with Crippen molar-refractivity contribution >= 4 is 50.5 Å². The number of methoxy groups -OCH3 is 1. The first-order valence-electron chi connectivity index (χ1n) is 8.06. The van der Waals surface area contributed by atoms with Crippen molar-refractivity contribution in [3.63, 3.8) is 0 Å². The van der Waals surface area contributed by atoms with E-state index in [2.05, 4.69) is 5.32 Å². The molecule has 0 bridgehead atoms. The molecular formula is C18H20Cl2N2O4S. The largest absolute Gasteiger partial charge is 0.495 e. The van der Waals surface area contributed by atoms with Crippen LogP contribution in [0.15, 0.2) is 42.5 Å². The number of sulfonamides is 1. The topological polar surface area (TPSA) is 75.7 Å². The number of carbonyl (C=O) groups is 1. The van der Waals surface area contributed by atoms with Gasteiger partial charge in [-0.15, -0.1) is 0 Å². The highest BCUT2D eigenvalue weighted by Crippen LogP contribution is 2.29. The van der Waals surface area contributed by atoms with E-state index >= 15 is 0 Å². The molecule has 1 amide bonds. The summed E-state index contributed by atoms with van der Waals surface area (Å²) in [4.78, 5) is 12.8. The standard InChI is InChI=1S/C18H20Cl2N2O4S/c1-4-16(18(23)21-13-8-9-17(26-2)15(20)11-13)22(27(3,24)25)14-7-5-6-12(19)10-14/h5-11,16H,4H2,1-3H3,(H,21,23)/t16-/m0/s1. The van der Waals surface area contributed by atoms with Gasteiger partial charge in [0.05, 0.1) is 24.1 Å². The van der Waals surface area contributed by atoms with Gasteiger partial charge < -0.3 is 10.1 Å². The van der Waals surface area contributed by atoms with E-state index in [0.29, 0.717) is 27.2 Å². The molecule has 0 fully saturated rings. The maximum atomic E-state index is 12.8. The zero-order chi connectivity index (χ0) is 20.2. The molecule has 1 N–H and O–H groups in total. The molecule has 0 radical (unpaired) electrons. The first-order valence-corrected chi connectivity index (χ1v) is 10.7. The Labute approximate surface area is 169 Å². The van der Waals surface area contributed by atoms with E-state index in [1.165, 1.54) is 19.2 Å². The number of nitrogens with zero attached hydrogens (tertiary/aromatic N) is 1. The van der Waals surface area contributed by atoms with Crippen molar-refractivity contribution in [2.24, 2.45) is 0 Å². The number of ether oxygens (including phenoxy) is 1. The van der Waals surface area contributed by atoms with E-state index in [9.17, 15) is 13.2 Å². The first-order chi connectivity index (χ1) is 12.7. The van der Waals surface area contributed by atoms with Gasteiger partial charge in [0.15, 0.2) is 0 Å². The lowest BCUT2D eigenvalue weighted by molar-refractivity contribution is -0.117. The Hall–Kier alpha value is -1.96. The van der Waals surface area contributed by atoms with Crippen LogP contribution in [-0.4, -0.2) is 33.7 Å². The molecule has 0 aliphatic heterocycles. The van der Waals surface area contributed by atoms with Gasteiger partial charge in [-0.25, -0.2) is 8.42 Å². The summed E-state index contributed by atoms with van der Waals surface area (Å²) >= 11 is 12.1. The highest BCUT2D eigenvalue weighted by Gasteiger charge is 2.31. The summed E-state index contributed by atoms with van der Waals surface area (Å²) in [6.45, 7) is 1.73. The minimum atomic E-state index is -3.73. The quantitative estimate of drug-likeness (QED) is 0.714. The molecule has 27 heavy (non-hydrogen) atoms. The van der Waals surface area contributed by atoms with Crippen LogP contribution < -0.4 is 14.4 Å². The number of carbonyl (C=O) groups excluding carboxylic acids is 1. The molecule has 1 atom stereocenters. The second kappa shape index (κ2) is 8.82. The molecule has 0 spiro atoms. The number of nitrogens with one attached hydrogen (secondary N) is 1. The second-order valence-electron chi connectivity index (χ2n) is 5.80. The summed E-state index contributed by atoms with van der Waals surface area (Å²) in [7, 11) is -2.25. The summed E-state index contributed by atoms with van der Waals surface area (Å²) in [6, 6.07) is 10.2. The van der Waals surface area contributed by atoms with E-state index in [-0.39, 0.29) is 6.42 Å². The molecule has 9 heteroatoms. The van der Waals surface area contributed by atoms with Crippen molar-refractivity contribution < 1.29 is 17.9 Å². The lowest BCUT2D eigenvalue weighted by atomic mass is 10.1. The molecule has 0 saturated heterocycles. The van der Waals surface area contributed by atoms with Gasteiger partial charge >= 0.3 is 0 Å². The van der Waals surface area contributed by atoms with Gasteiger partial charge in [0.25, 0.3) is 0 Å². The summed E-state index contributed by atoms with van der Waals surface area (Å²) in [6.07, 6.45) is 1.31. The fraction of sp³-hybridized carbons (Fsp3) is 0.278. The van der Waals surface area contributed by atoms with Crippen LogP contribution >= 0.6 is 23.2 Å². The Morgan fingerprint density at radius 2 is 1.93 bits per heavy atom. The van der Waals surface area contributed by atoms with Crippen LogP contribution in [0.1, 0.15) is 13.3 Å². The molecule has 0 heterocycles. The van der Waals surface area contributed by atoms with Crippen molar-refractivity contribution in [2.75, 3.05) is 23.0 Å². The van der Waals surface area contributed by atoms with Gasteiger partial charge in [0.2, 0.25) is 15.9 Å². The molecule has 0 aliphatic rings. The molecule has 2 rings (SSSR count). The number of rotatable bonds is 7. The van der Waals surface area contributed by atoms with Gasteiger partial charge in [-0.05, 0) is 42.8 Å². The molecule has 146 valence electrons. The zero-order valence-electron chi connectivity index (χ0n) is 15.1. The van der Waals surface area contributed by atoms with E-state index < -0.39 is 22.0 Å². The van der Waals surface area contributed by atoms with Crippen LogP contribution in [0.4, 0.5) is 11.4 Å². The Kier molecular flexibility index (Phi) is 6.97. The molecule has 2 aromatic carbocycles. The monoisotopic (exact) mass is 430 g/mol. The second-order valence-corrected chi connectivity index (χ2v) is 8.50. The molecule has 0 aromatic heterocycles. The van der Waals surface area contributed by atoms with Gasteiger partial charge in [-0.2, -0.15) is 0 Å². The molecule has 0 aliphatic carbocycles. The van der Waals surface area contributed by atoms with Crippen molar-refractivity contribution in [1.29, 1.82) is 0 Å². The number of benzene rings is 2. The third-order valence-electron chi connectivity index (χ3n) is 3.81. The van der Waals surface area contributed by atoms with Gasteiger partial charge in [0, 0.05) is 10.7 Å². The molecule has 6 nitrogen and oxygen atoms in total. The minimum absolute atomic E-state index is 0.259. The fourth-order valence-electron chi connectivity index (χ4n) is 2.64. The Balaban J connectivity index is 2.36. The van der Waals surface area contributed by atoms with E-state index in [0.717, 1.165) is 10.6 Å². The number of hydrogen-bond acceptors (Lipinski definition) is 4. The molecule has 0 saturated carbocycles. The third kappa shape index (κ3) is 5.28. The van der Waals surface area contributed by atoms with E-state index in [4.69, 9.17) is 27.9 Å². The number of anilines is 2. The van der Waals surface area contributed by atoms with Crippen molar-refractivity contribution in [1.82, 2.24) is 0 Å². The lowest BCUT2D eigenvalue weighted by Gasteiger charge is -2.30. The highest BCUT2D eigenvalue weighted by molar-refractivity contribution is 7.92. The van der Waals surface area contributed by atoms with Crippen LogP contribution in [0.3, 0.4) is 0 Å². The summed E-state index contributed by atoms with van der Waals surface area (Å²) < 4.78 is 31.0. The van der Waals surface area contributed by atoms with Gasteiger partial charge in [-0.3, -0.25) is 9.10 Å². The minimum Gasteiger partial charge on any atom is -0.495 e. The van der Waals surface area contributed by atoms with Crippen LogP contribution in [0.2, 0.25) is 10.0 Å². The van der Waals surface area contributed by atoms with Crippen molar-refractivity contribution in [3.8, 4) is 5.75 Å². The maximum absolute atomic E-state index is 12.8. The van der Waals surface area contributed by atoms with Crippen LogP contribution in [0, 0.1) is 0 Å². The van der Waals surface area contributed by atoms with Gasteiger partial charge in [-0.1, -0.05) is 36.2 Å². The van der Waals surface area contributed by atoms with Crippen LogP contribution in [0.5, 0.6) is 5.75 Å². The highest BCUT2D eigenvalue weighted by atomic mass is 35.5. The molecule has 2 aromatic rings. The summed E-state index contributed by atoms with van der Waals surface area (Å²) in [5.74, 6) is -0.0115. The predicted octanol–water partition coefficient (Wildman–Crippen LogP) is 4.19. The Bertz CT molecular complexity index is 935. The number of amides is 1. The predicted molar refractivity (Wildman–Crippen MR) is 109 cm³/mol. The SMILES string of the molecule is CC[C@@H](C(=O)Nc1ccc(OC)c(Cl)c1)N(c1cccc(Cl)c1)S(C)(=O)=O. The smallest absolute Gasteiger partial charge is 0.248 e. The van der Waals surface area contributed by atoms with E-state index in [1.54, 1.807) is 37.3 Å². The van der Waals surface area contributed by atoms with Crippen molar-refractivity contribution in [3.05, 3.63) is 52.5 Å². The number of halogens is 2. The zero-order valence-corrected chi connectivity index (χ0v) is 17.4. The third-order valence-corrected chi connectivity index (χ3v) is 5.52. The lowest BCUT2D eigenvalue weighted by Crippen LogP contribution is -2.47. The van der Waals surface area contributed by atoms with Crippen molar-refractivity contribution in [2.45, 2.75) is 19.4 Å². The first kappa shape index (κ1) is 21.3. The molecular weight excluding hydrogens is 411 g/mol. The van der Waals surface area contributed by atoms with Crippen LogP contribution in [-0.2, 0) is 14.8 Å². The van der Waals surface area contributed by atoms with Gasteiger partial charge in [0.1, 0.15) is 11.8 Å². The Morgan fingerprint density at radius 3 is 2.44 bits per heavy atom. The van der Waals surface area contributed by atoms with E-state index in [1.807, 2.05) is 0 Å². The Morgan fingerprint density at radius 1 is 1.22 bits per heavy atom. The maximum Gasteiger partial charge on any atom is 0.248 e. The number of hydrogen-bond donors (Lipinski definition) is 1. The fourth-order valence-corrected chi connectivity index (χ4v) is 4.29. The van der Waals surface area contributed by atoms with Crippen LogP contribution in [0.25, 0.3) is 0 Å². The summed E-state index contributed by atoms with van der Waals surface area (Å²) in [5.41, 5.74) is 0.753.